The van der Waals surface area contributed by atoms with E-state index < -0.39 is 11.8 Å². The zero-order valence-corrected chi connectivity index (χ0v) is 10.5. The number of rotatable bonds is 2. The zero-order chi connectivity index (χ0) is 14.1. The Morgan fingerprint density at radius 2 is 1.20 bits per heavy atom. The van der Waals surface area contributed by atoms with E-state index in [4.69, 9.17) is 0 Å². The van der Waals surface area contributed by atoms with E-state index in [0.717, 1.165) is 0 Å². The molecular weight excluding hydrogens is 254 g/mol. The number of carbonyl (C=O) groups is 2. The summed E-state index contributed by atoms with van der Waals surface area (Å²) in [5, 5.41) is 11.6. The maximum atomic E-state index is 12.0. The predicted octanol–water partition coefficient (Wildman–Crippen LogP) is 1.96. The first kappa shape index (κ1) is 12.2. The molecule has 1 aliphatic rings. The Kier molecular flexibility index (Phi) is 2.84. The van der Waals surface area contributed by atoms with Crippen molar-refractivity contribution in [3.8, 4) is 5.75 Å². The normalized spacial score (nSPS) is 14.6. The van der Waals surface area contributed by atoms with E-state index in [2.05, 4.69) is 5.32 Å². The highest BCUT2D eigenvalue weighted by atomic mass is 16.3. The number of phenols is 1. The van der Waals surface area contributed by atoms with Gasteiger partial charge in [0.05, 0.1) is 11.1 Å². The molecule has 0 aromatic heterocycles. The third-order valence-electron chi connectivity index (χ3n) is 3.15. The summed E-state index contributed by atoms with van der Waals surface area (Å²) in [6.07, 6.45) is 0. The van der Waals surface area contributed by atoms with Crippen LogP contribution in [0, 0.1) is 0 Å². The average molecular weight is 265 g/mol. The van der Waals surface area contributed by atoms with Gasteiger partial charge in [-0.25, -0.2) is 0 Å². The summed E-state index contributed by atoms with van der Waals surface area (Å²) in [5.41, 5.74) is 1.99. The van der Waals surface area contributed by atoms with Crippen LogP contribution in [0.25, 0.3) is 11.1 Å². The van der Waals surface area contributed by atoms with E-state index in [1.807, 2.05) is 18.2 Å². The molecule has 0 radical (unpaired) electrons. The van der Waals surface area contributed by atoms with Crippen molar-refractivity contribution in [2.45, 2.75) is 0 Å². The van der Waals surface area contributed by atoms with Crippen LogP contribution in [0.2, 0.25) is 0 Å². The standard InChI is InChI=1S/C16H11NO3/c18-12-8-6-11(7-9-12)14-13(15(19)17-16(14)20)10-4-2-1-3-5-10/h1-9,18H,(H,17,19,20). The van der Waals surface area contributed by atoms with E-state index in [0.29, 0.717) is 22.3 Å². The maximum absolute atomic E-state index is 12.0. The first-order valence-electron chi connectivity index (χ1n) is 6.11. The molecule has 98 valence electrons. The lowest BCUT2D eigenvalue weighted by atomic mass is 9.96. The Labute approximate surface area is 115 Å². The smallest absolute Gasteiger partial charge is 0.259 e. The van der Waals surface area contributed by atoms with Crippen molar-refractivity contribution in [2.24, 2.45) is 0 Å². The fourth-order valence-corrected chi connectivity index (χ4v) is 2.24. The van der Waals surface area contributed by atoms with Crippen LogP contribution in [0.4, 0.5) is 0 Å². The van der Waals surface area contributed by atoms with Gasteiger partial charge in [0.15, 0.2) is 0 Å². The first-order valence-corrected chi connectivity index (χ1v) is 6.11. The topological polar surface area (TPSA) is 66.4 Å². The molecule has 0 bridgehead atoms. The van der Waals surface area contributed by atoms with Crippen LogP contribution < -0.4 is 5.32 Å². The Hall–Kier alpha value is -2.88. The monoisotopic (exact) mass is 265 g/mol. The SMILES string of the molecule is O=C1NC(=O)C(c2ccc(O)cc2)=C1c1ccccc1. The van der Waals surface area contributed by atoms with Crippen LogP contribution in [0.5, 0.6) is 5.75 Å². The number of aromatic hydroxyl groups is 1. The van der Waals surface area contributed by atoms with Gasteiger partial charge in [0.1, 0.15) is 5.75 Å². The molecule has 1 heterocycles. The number of carbonyl (C=O) groups excluding carboxylic acids is 2. The van der Waals surface area contributed by atoms with Crippen molar-refractivity contribution in [1.82, 2.24) is 5.32 Å². The molecule has 2 aromatic carbocycles. The minimum Gasteiger partial charge on any atom is -0.508 e. The number of phenolic OH excluding ortho intramolecular Hbond substituents is 1. The lowest BCUT2D eigenvalue weighted by Crippen LogP contribution is -2.22. The first-order chi connectivity index (χ1) is 9.66. The molecule has 0 unspecified atom stereocenters. The molecule has 20 heavy (non-hydrogen) atoms. The fraction of sp³-hybridized carbons (Fsp3) is 0. The van der Waals surface area contributed by atoms with Gasteiger partial charge in [-0.1, -0.05) is 42.5 Å². The lowest BCUT2D eigenvalue weighted by Gasteiger charge is -2.04. The quantitative estimate of drug-likeness (QED) is 0.816. The van der Waals surface area contributed by atoms with Gasteiger partial charge in [-0.15, -0.1) is 0 Å². The minimum atomic E-state index is -0.417. The number of hydrogen-bond acceptors (Lipinski definition) is 3. The zero-order valence-electron chi connectivity index (χ0n) is 10.5. The van der Waals surface area contributed by atoms with Gasteiger partial charge < -0.3 is 5.11 Å². The summed E-state index contributed by atoms with van der Waals surface area (Å²) in [5.74, 6) is -0.704. The lowest BCUT2D eigenvalue weighted by molar-refractivity contribution is -0.122. The molecule has 0 spiro atoms. The molecule has 2 N–H and O–H groups in total. The second kappa shape index (κ2) is 4.66. The summed E-state index contributed by atoms with van der Waals surface area (Å²) in [6, 6.07) is 15.3. The van der Waals surface area contributed by atoms with Gasteiger partial charge >= 0.3 is 0 Å². The van der Waals surface area contributed by atoms with Crippen LogP contribution in [0.3, 0.4) is 0 Å². The number of amides is 2. The highest BCUT2D eigenvalue weighted by Crippen LogP contribution is 2.31. The van der Waals surface area contributed by atoms with Crippen LogP contribution in [0.1, 0.15) is 11.1 Å². The Morgan fingerprint density at radius 1 is 0.700 bits per heavy atom. The van der Waals surface area contributed by atoms with Crippen LogP contribution >= 0.6 is 0 Å². The van der Waals surface area contributed by atoms with Crippen molar-refractivity contribution in [3.05, 3.63) is 65.7 Å². The second-order valence-electron chi connectivity index (χ2n) is 4.45. The molecule has 0 fully saturated rings. The number of benzene rings is 2. The molecule has 1 aliphatic heterocycles. The fourth-order valence-electron chi connectivity index (χ4n) is 2.24. The van der Waals surface area contributed by atoms with Crippen molar-refractivity contribution < 1.29 is 14.7 Å². The maximum Gasteiger partial charge on any atom is 0.259 e. The third kappa shape index (κ3) is 1.97. The van der Waals surface area contributed by atoms with Gasteiger partial charge in [-0.2, -0.15) is 0 Å². The highest BCUT2D eigenvalue weighted by molar-refractivity contribution is 6.49. The number of imide groups is 1. The van der Waals surface area contributed by atoms with Crippen LogP contribution in [0.15, 0.2) is 54.6 Å². The summed E-state index contributed by atoms with van der Waals surface area (Å²) in [6.45, 7) is 0. The van der Waals surface area contributed by atoms with Gasteiger partial charge in [0.2, 0.25) is 0 Å². The molecule has 0 atom stereocenters. The van der Waals surface area contributed by atoms with Gasteiger partial charge in [0, 0.05) is 0 Å². The molecule has 2 aromatic rings. The number of hydrogen-bond donors (Lipinski definition) is 2. The summed E-state index contributed by atoms with van der Waals surface area (Å²) >= 11 is 0. The molecule has 0 saturated carbocycles. The summed E-state index contributed by atoms with van der Waals surface area (Å²) in [7, 11) is 0. The van der Waals surface area contributed by atoms with Crippen LogP contribution in [-0.2, 0) is 9.59 Å². The van der Waals surface area contributed by atoms with Crippen molar-refractivity contribution in [2.75, 3.05) is 0 Å². The van der Waals surface area contributed by atoms with Crippen molar-refractivity contribution in [1.29, 1.82) is 0 Å². The molecule has 4 nitrogen and oxygen atoms in total. The van der Waals surface area contributed by atoms with Crippen LogP contribution in [-0.4, -0.2) is 16.9 Å². The minimum absolute atomic E-state index is 0.111. The highest BCUT2D eigenvalue weighted by Gasteiger charge is 2.31. The molecular formula is C16H11NO3. The second-order valence-corrected chi connectivity index (χ2v) is 4.45. The summed E-state index contributed by atoms with van der Waals surface area (Å²) < 4.78 is 0. The molecule has 2 amide bonds. The van der Waals surface area contributed by atoms with E-state index in [-0.39, 0.29) is 5.75 Å². The molecule has 3 rings (SSSR count). The Balaban J connectivity index is 2.21. The van der Waals surface area contributed by atoms with E-state index >= 15 is 0 Å². The Bertz CT molecular complexity index is 715. The van der Waals surface area contributed by atoms with E-state index in [9.17, 15) is 14.7 Å². The van der Waals surface area contributed by atoms with Crippen molar-refractivity contribution >= 4 is 23.0 Å². The molecule has 0 saturated heterocycles. The Morgan fingerprint density at radius 3 is 1.75 bits per heavy atom. The third-order valence-corrected chi connectivity index (χ3v) is 3.15. The van der Waals surface area contributed by atoms with E-state index in [1.54, 1.807) is 24.3 Å². The molecule has 0 aliphatic carbocycles. The average Bonchev–Trinajstić information content (AvgIpc) is 2.75. The predicted molar refractivity (Wildman–Crippen MR) is 74.5 cm³/mol. The number of nitrogens with one attached hydrogen (secondary N) is 1. The van der Waals surface area contributed by atoms with Gasteiger partial charge in [0.25, 0.3) is 11.8 Å². The van der Waals surface area contributed by atoms with E-state index in [1.165, 1.54) is 12.1 Å². The van der Waals surface area contributed by atoms with Crippen molar-refractivity contribution in [3.63, 3.8) is 0 Å². The molecule has 4 heteroatoms. The summed E-state index contributed by atoms with van der Waals surface area (Å²) in [4.78, 5) is 24.0. The largest absolute Gasteiger partial charge is 0.508 e. The van der Waals surface area contributed by atoms with Gasteiger partial charge in [-0.3, -0.25) is 14.9 Å². The van der Waals surface area contributed by atoms with Gasteiger partial charge in [-0.05, 0) is 23.3 Å².